The third kappa shape index (κ3) is 4.28. The van der Waals surface area contributed by atoms with Gasteiger partial charge < -0.3 is 19.7 Å². The monoisotopic (exact) mass is 377 g/mol. The Bertz CT molecular complexity index is 777. The summed E-state index contributed by atoms with van der Waals surface area (Å²) in [5.41, 5.74) is 2.10. The first-order valence-electron chi connectivity index (χ1n) is 8.49. The van der Waals surface area contributed by atoms with Crippen molar-refractivity contribution >= 4 is 17.6 Å². The summed E-state index contributed by atoms with van der Waals surface area (Å²) in [5, 5.41) is 8.29. The molecule has 1 saturated heterocycles. The fourth-order valence-corrected chi connectivity index (χ4v) is 3.18. The minimum absolute atomic E-state index is 0.0129. The lowest BCUT2D eigenvalue weighted by Gasteiger charge is -2.34. The van der Waals surface area contributed by atoms with Crippen molar-refractivity contribution in [2.45, 2.75) is 12.6 Å². The van der Waals surface area contributed by atoms with Gasteiger partial charge in [0.1, 0.15) is 11.9 Å². The topological polar surface area (TPSA) is 63.9 Å². The van der Waals surface area contributed by atoms with Gasteiger partial charge in [0.2, 0.25) is 0 Å². The highest BCUT2D eigenvalue weighted by Crippen LogP contribution is 2.24. The number of methoxy groups -OCH3 is 1. The van der Waals surface area contributed by atoms with Gasteiger partial charge in [-0.2, -0.15) is 5.10 Å². The number of hydrogen-bond acceptors (Lipinski definition) is 4. The molecule has 0 radical (unpaired) electrons. The third-order valence-corrected chi connectivity index (χ3v) is 4.60. The zero-order valence-corrected chi connectivity index (χ0v) is 16.0. The molecule has 0 aliphatic carbocycles. The first-order chi connectivity index (χ1) is 12.6. The van der Waals surface area contributed by atoms with E-state index in [9.17, 15) is 0 Å². The number of guanidine groups is 1. The molecule has 0 saturated carbocycles. The SMILES string of the molecule is CN=C(NCc1ccc(Cl)cc1OC)N1CCOC(c2cnn(C)c2)C1. The number of aliphatic imine (C=N–C) groups is 1. The van der Waals surface area contributed by atoms with Gasteiger partial charge in [-0.25, -0.2) is 0 Å². The van der Waals surface area contributed by atoms with Crippen LogP contribution in [0.3, 0.4) is 0 Å². The van der Waals surface area contributed by atoms with Crippen LogP contribution in [0.4, 0.5) is 0 Å². The maximum atomic E-state index is 6.03. The number of nitrogens with one attached hydrogen (secondary N) is 1. The van der Waals surface area contributed by atoms with E-state index < -0.39 is 0 Å². The van der Waals surface area contributed by atoms with Gasteiger partial charge in [0.05, 0.1) is 26.5 Å². The summed E-state index contributed by atoms with van der Waals surface area (Å²) in [6, 6.07) is 5.63. The Morgan fingerprint density at radius 1 is 1.50 bits per heavy atom. The molecule has 140 valence electrons. The molecular formula is C18H24ClN5O2. The molecule has 1 unspecified atom stereocenters. The molecule has 7 nitrogen and oxygen atoms in total. The van der Waals surface area contributed by atoms with Gasteiger partial charge in [0, 0.05) is 49.5 Å². The van der Waals surface area contributed by atoms with Gasteiger partial charge in [0.25, 0.3) is 0 Å². The summed E-state index contributed by atoms with van der Waals surface area (Å²) in [5.74, 6) is 1.59. The smallest absolute Gasteiger partial charge is 0.194 e. The van der Waals surface area contributed by atoms with Gasteiger partial charge in [-0.3, -0.25) is 9.67 Å². The van der Waals surface area contributed by atoms with Gasteiger partial charge >= 0.3 is 0 Å². The number of ether oxygens (including phenoxy) is 2. The number of morpholine rings is 1. The lowest BCUT2D eigenvalue weighted by Crippen LogP contribution is -2.47. The van der Waals surface area contributed by atoms with E-state index in [-0.39, 0.29) is 6.10 Å². The van der Waals surface area contributed by atoms with E-state index in [1.54, 1.807) is 18.8 Å². The predicted octanol–water partition coefficient (Wildman–Crippen LogP) is 2.23. The minimum Gasteiger partial charge on any atom is -0.496 e. The minimum atomic E-state index is -0.0129. The van der Waals surface area contributed by atoms with Crippen LogP contribution in [0, 0.1) is 0 Å². The highest BCUT2D eigenvalue weighted by atomic mass is 35.5. The van der Waals surface area contributed by atoms with Gasteiger partial charge in [-0.15, -0.1) is 0 Å². The summed E-state index contributed by atoms with van der Waals surface area (Å²) < 4.78 is 13.1. The zero-order chi connectivity index (χ0) is 18.5. The fraction of sp³-hybridized carbons (Fsp3) is 0.444. The fourth-order valence-electron chi connectivity index (χ4n) is 3.02. The molecule has 0 spiro atoms. The highest BCUT2D eigenvalue weighted by molar-refractivity contribution is 6.30. The Hall–Kier alpha value is -2.25. The van der Waals surface area contributed by atoms with E-state index in [2.05, 4.69) is 20.3 Å². The van der Waals surface area contributed by atoms with Crippen LogP contribution in [0.5, 0.6) is 5.75 Å². The van der Waals surface area contributed by atoms with E-state index in [1.165, 1.54) is 0 Å². The number of benzene rings is 1. The Labute approximate surface area is 158 Å². The van der Waals surface area contributed by atoms with Crippen LogP contribution in [0.15, 0.2) is 35.6 Å². The Balaban J connectivity index is 1.65. The molecule has 1 atom stereocenters. The molecule has 2 aromatic rings. The third-order valence-electron chi connectivity index (χ3n) is 4.36. The molecular weight excluding hydrogens is 354 g/mol. The van der Waals surface area contributed by atoms with E-state index in [0.717, 1.165) is 35.9 Å². The molecule has 0 amide bonds. The summed E-state index contributed by atoms with van der Waals surface area (Å²) in [4.78, 5) is 6.62. The summed E-state index contributed by atoms with van der Waals surface area (Å²) in [6.45, 7) is 2.75. The largest absolute Gasteiger partial charge is 0.496 e. The lowest BCUT2D eigenvalue weighted by atomic mass is 10.1. The molecule has 1 N–H and O–H groups in total. The molecule has 8 heteroatoms. The molecule has 26 heavy (non-hydrogen) atoms. The Morgan fingerprint density at radius 2 is 2.35 bits per heavy atom. The average Bonchev–Trinajstić information content (AvgIpc) is 3.10. The van der Waals surface area contributed by atoms with Crippen molar-refractivity contribution in [3.05, 3.63) is 46.7 Å². The number of rotatable bonds is 4. The second-order valence-corrected chi connectivity index (χ2v) is 6.55. The Kier molecular flexibility index (Phi) is 6.00. The van der Waals surface area contributed by atoms with Crippen molar-refractivity contribution < 1.29 is 9.47 Å². The number of halogens is 1. The van der Waals surface area contributed by atoms with Crippen LogP contribution in [-0.2, 0) is 18.3 Å². The molecule has 1 fully saturated rings. The number of aromatic nitrogens is 2. The molecule has 2 heterocycles. The van der Waals surface area contributed by atoms with Crippen molar-refractivity contribution in [2.24, 2.45) is 12.0 Å². The molecule has 0 bridgehead atoms. The Morgan fingerprint density at radius 3 is 3.04 bits per heavy atom. The van der Waals surface area contributed by atoms with Crippen molar-refractivity contribution in [3.8, 4) is 5.75 Å². The van der Waals surface area contributed by atoms with Crippen LogP contribution < -0.4 is 10.1 Å². The van der Waals surface area contributed by atoms with Crippen LogP contribution in [-0.4, -0.2) is 54.5 Å². The molecule has 3 rings (SSSR count). The highest BCUT2D eigenvalue weighted by Gasteiger charge is 2.25. The van der Waals surface area contributed by atoms with E-state index in [4.69, 9.17) is 21.1 Å². The summed E-state index contributed by atoms with van der Waals surface area (Å²) >= 11 is 6.03. The van der Waals surface area contributed by atoms with E-state index >= 15 is 0 Å². The van der Waals surface area contributed by atoms with E-state index in [1.807, 2.05) is 37.6 Å². The van der Waals surface area contributed by atoms with Gasteiger partial charge in [0.15, 0.2) is 5.96 Å². The summed E-state index contributed by atoms with van der Waals surface area (Å²) in [7, 11) is 5.34. The number of hydrogen-bond donors (Lipinski definition) is 1. The van der Waals surface area contributed by atoms with Crippen molar-refractivity contribution in [1.29, 1.82) is 0 Å². The molecule has 1 aliphatic rings. The van der Waals surface area contributed by atoms with Gasteiger partial charge in [-0.05, 0) is 12.1 Å². The van der Waals surface area contributed by atoms with Gasteiger partial charge in [-0.1, -0.05) is 17.7 Å². The molecule has 1 aromatic heterocycles. The maximum Gasteiger partial charge on any atom is 0.194 e. The predicted molar refractivity (Wildman–Crippen MR) is 102 cm³/mol. The number of aryl methyl sites for hydroxylation is 1. The number of nitrogens with zero attached hydrogens (tertiary/aromatic N) is 4. The van der Waals surface area contributed by atoms with Crippen molar-refractivity contribution in [3.63, 3.8) is 0 Å². The maximum absolute atomic E-state index is 6.03. The van der Waals surface area contributed by atoms with Crippen LogP contribution >= 0.6 is 11.6 Å². The molecule has 1 aromatic carbocycles. The first kappa shape index (κ1) is 18.5. The van der Waals surface area contributed by atoms with Crippen molar-refractivity contribution in [1.82, 2.24) is 20.0 Å². The van der Waals surface area contributed by atoms with Crippen molar-refractivity contribution in [2.75, 3.05) is 33.9 Å². The second kappa shape index (κ2) is 8.42. The summed E-state index contributed by atoms with van der Waals surface area (Å²) in [6.07, 6.45) is 3.83. The first-order valence-corrected chi connectivity index (χ1v) is 8.86. The zero-order valence-electron chi connectivity index (χ0n) is 15.3. The molecule has 1 aliphatic heterocycles. The lowest BCUT2D eigenvalue weighted by molar-refractivity contribution is -0.00805. The van der Waals surface area contributed by atoms with Crippen LogP contribution in [0.2, 0.25) is 5.02 Å². The second-order valence-electron chi connectivity index (χ2n) is 6.11. The van der Waals surface area contributed by atoms with Crippen LogP contribution in [0.25, 0.3) is 0 Å². The average molecular weight is 378 g/mol. The quantitative estimate of drug-likeness (QED) is 0.654. The van der Waals surface area contributed by atoms with Crippen LogP contribution in [0.1, 0.15) is 17.2 Å². The standard InChI is InChI=1S/C18H24ClN5O2/c1-20-18(21-9-13-4-5-15(19)8-16(13)25-3)24-6-7-26-17(12-24)14-10-22-23(2)11-14/h4-5,8,10-11,17H,6-7,9,12H2,1-3H3,(H,20,21). The normalized spacial score (nSPS) is 18.1. The van der Waals surface area contributed by atoms with E-state index in [0.29, 0.717) is 18.2 Å².